The van der Waals surface area contributed by atoms with Gasteiger partial charge in [-0.25, -0.2) is 0 Å². The molecule has 0 atom stereocenters. The zero-order valence-electron chi connectivity index (χ0n) is 22.0. The summed E-state index contributed by atoms with van der Waals surface area (Å²) in [6.45, 7) is 0. The van der Waals surface area contributed by atoms with Gasteiger partial charge in [0.1, 0.15) is 0 Å². The van der Waals surface area contributed by atoms with Gasteiger partial charge in [-0.3, -0.25) is 0 Å². The Labute approximate surface area is 334 Å². The van der Waals surface area contributed by atoms with Crippen LogP contribution in [0, 0.1) is 0 Å². The first-order valence-corrected chi connectivity index (χ1v) is 0. The molecule has 41 heteroatoms. The fraction of sp³-hybridized carbons (Fsp3) is 0. The maximum atomic E-state index is 0. The van der Waals surface area contributed by atoms with Crippen molar-refractivity contribution in [3.8, 4) is 0 Å². The molecule has 0 unspecified atom stereocenters. The van der Waals surface area contributed by atoms with Gasteiger partial charge in [0.05, 0.1) is 0 Å². The van der Waals surface area contributed by atoms with Crippen LogP contribution in [0.3, 0.4) is 0 Å². The second kappa shape index (κ2) is 6550. The molecule has 0 saturated carbocycles. The summed E-state index contributed by atoms with van der Waals surface area (Å²) in [7, 11) is 0. The Kier molecular flexibility index (Phi) is 1120000. The van der Waals surface area contributed by atoms with E-state index in [1.165, 1.54) is 0 Å². The van der Waals surface area contributed by atoms with Crippen LogP contribution in [-0.4, -0.2) is 120 Å². The van der Waals surface area contributed by atoms with Gasteiger partial charge >= 0.3 is 126 Å². The molecule has 0 bridgehead atoms. The molecule has 34 nitrogen and oxygen atoms in total. The van der Waals surface area contributed by atoms with E-state index in [4.69, 9.17) is 0 Å². The molecule has 0 spiro atoms. The summed E-state index contributed by atoms with van der Waals surface area (Å²) < 4.78 is 0. The van der Waals surface area contributed by atoms with E-state index in [1.807, 2.05) is 0 Å². The van der Waals surface area contributed by atoms with Crippen LogP contribution in [0.4, 0.5) is 0 Å². The second-order valence-corrected chi connectivity index (χ2v) is 0. The molecule has 0 aliphatic rings. The SMILES string of the molecule is O.O.O.O.O.O.O.O.O.O.O.O.O.O.O.O.[Mo+2].[Mo+2].[Mo+2].[Mo+2].[Mo+2].[Mo+2].[Mo].[NH4+].[NH4+].[NH4+].[NH4+].[NH4+].[NH4+].[O-2].[O-2].[O-2].[O-2].[O-2].[O-2].[OH-].[OH-].[OH-].[OH-].[OH-].[OH-]. The van der Waals surface area contributed by atoms with Crippen LogP contribution < -0.4 is 36.9 Å². The maximum absolute atomic E-state index is 0. The van der Waals surface area contributed by atoms with E-state index in [9.17, 15) is 0 Å². The summed E-state index contributed by atoms with van der Waals surface area (Å²) in [6.07, 6.45) is 0. The van der Waals surface area contributed by atoms with Gasteiger partial charge in [-0.15, -0.1) is 0 Å². The summed E-state index contributed by atoms with van der Waals surface area (Å²) in [4.78, 5) is 0. The van der Waals surface area contributed by atoms with Crippen molar-refractivity contribution < 1.29 is 301 Å². The Morgan fingerprint density at radius 3 is 0.146 bits per heavy atom. The van der Waals surface area contributed by atoms with Crippen LogP contribution in [0.25, 0.3) is 0 Å². The van der Waals surface area contributed by atoms with Crippen LogP contribution in [0.2, 0.25) is 0 Å². The average Bonchev–Trinajstić information content (AvgIpc) is 0. The molecule has 0 heterocycles. The van der Waals surface area contributed by atoms with Gasteiger partial charge in [0.2, 0.25) is 0 Å². The normalized spacial score (nSPS) is 0. The largest absolute Gasteiger partial charge is 2.00 e. The summed E-state index contributed by atoms with van der Waals surface area (Å²) >= 11 is 0. The molecule has 0 rings (SSSR count). The van der Waals surface area contributed by atoms with Crippen molar-refractivity contribution in [2.75, 3.05) is 0 Å². The maximum Gasteiger partial charge on any atom is 2.00 e. The van der Waals surface area contributed by atoms with E-state index in [2.05, 4.69) is 0 Å². The predicted octanol–water partition coefficient (Wildman–Crippen LogP) is -12.7. The van der Waals surface area contributed by atoms with Gasteiger partial charge in [0.25, 0.3) is 0 Å². The fourth-order valence-corrected chi connectivity index (χ4v) is 0. The minimum Gasteiger partial charge on any atom is -2.00 e. The number of rotatable bonds is 0. The second-order valence-electron chi connectivity index (χ2n) is 0. The smallest absolute Gasteiger partial charge is 2.00 e. The number of quaternary nitrogens is 6. The topological polar surface area (TPSA) is 1070 Å². The van der Waals surface area contributed by atoms with Gasteiger partial charge in [-0.1, -0.05) is 0 Å². The molecule has 0 aromatic rings. The van der Waals surface area contributed by atoms with Gasteiger partial charge < -0.3 is 190 Å². The van der Waals surface area contributed by atoms with Gasteiger partial charge in [0.15, 0.2) is 0 Å². The van der Waals surface area contributed by atoms with Crippen LogP contribution in [0.15, 0.2) is 0 Å². The summed E-state index contributed by atoms with van der Waals surface area (Å²) in [5, 5.41) is 0. The van der Waals surface area contributed by atoms with Crippen molar-refractivity contribution in [2.24, 2.45) is 0 Å². The van der Waals surface area contributed by atoms with E-state index >= 15 is 0 Å². The van der Waals surface area contributed by atoms with Crippen LogP contribution in [0.1, 0.15) is 0 Å². The first-order valence-electron chi connectivity index (χ1n) is 0. The van der Waals surface area contributed by atoms with Crippen molar-refractivity contribution in [2.45, 2.75) is 0 Å². The van der Waals surface area contributed by atoms with Crippen LogP contribution in [0.5, 0.6) is 0 Å². The molecule has 62 N–H and O–H groups in total. The zero-order chi connectivity index (χ0) is 0. The third kappa shape index (κ3) is 6250. The number of hydrogen-bond acceptors (Lipinski definition) is 6. The molecule has 0 aliphatic carbocycles. The van der Waals surface area contributed by atoms with Crippen molar-refractivity contribution in [1.29, 1.82) is 0 Å². The Morgan fingerprint density at radius 1 is 0.146 bits per heavy atom. The predicted molar refractivity (Wildman–Crippen MR) is 109 cm³/mol. The summed E-state index contributed by atoms with van der Waals surface area (Å²) in [6, 6.07) is 0. The van der Waals surface area contributed by atoms with E-state index < -0.39 is 0 Å². The standard InChI is InChI=1S/7Mo.6H3N.22H2O.6O/h;;;;;;;6*1H3;22*1H2;;;;;;/q;6*+2;;;;;;;;;;;;;;;;;;;;;;;;;;;;;6*-2. The minimum atomic E-state index is 0. The van der Waals surface area contributed by atoms with Crippen molar-refractivity contribution in [1.82, 2.24) is 36.9 Å². The molecule has 0 aromatic heterocycles. The van der Waals surface area contributed by atoms with Crippen molar-refractivity contribution in [3.05, 3.63) is 0 Å². The monoisotopic (exact) mass is 1280 g/mol. The Bertz CT molecular complexity index is 49.9. The van der Waals surface area contributed by atoms with Gasteiger partial charge in [0, 0.05) is 21.1 Å². The molecule has 0 saturated heterocycles. The van der Waals surface area contributed by atoms with E-state index in [-0.39, 0.29) is 338 Å². The Balaban J connectivity index is 0. The van der Waals surface area contributed by atoms with Crippen LogP contribution >= 0.6 is 0 Å². The molecular formula is H62Mo7N6O28. The average molecular weight is 1270 g/mol. The minimum absolute atomic E-state index is 0. The Morgan fingerprint density at radius 2 is 0.146 bits per heavy atom. The molecule has 0 amide bonds. The fourth-order valence-electron chi connectivity index (χ4n) is 0. The molecule has 302 valence electrons. The van der Waals surface area contributed by atoms with Crippen molar-refractivity contribution in [3.63, 3.8) is 0 Å². The molecular weight excluding hydrogens is 1200 g/mol. The van der Waals surface area contributed by atoms with E-state index in [1.54, 1.807) is 0 Å². The Hall–Kier alpha value is 3.46. The quantitative estimate of drug-likeness (QED) is 0.128. The van der Waals surface area contributed by atoms with E-state index in [0.717, 1.165) is 0 Å². The van der Waals surface area contributed by atoms with Gasteiger partial charge in [-0.2, -0.15) is 0 Å². The molecule has 0 aromatic carbocycles. The third-order valence-corrected chi connectivity index (χ3v) is 0. The molecule has 0 aliphatic heterocycles. The zero-order valence-corrected chi connectivity index (χ0v) is 36.0. The van der Waals surface area contributed by atoms with E-state index in [0.29, 0.717) is 0 Å². The molecule has 0 radical (unpaired) electrons. The first kappa shape index (κ1) is 7020. The molecule has 41 heavy (non-hydrogen) atoms. The molecule has 0 fully saturated rings. The van der Waals surface area contributed by atoms with Gasteiger partial charge in [-0.05, 0) is 0 Å². The van der Waals surface area contributed by atoms with Crippen molar-refractivity contribution >= 4 is 0 Å². The summed E-state index contributed by atoms with van der Waals surface area (Å²) in [5.74, 6) is 0. The number of hydrogen-bond donors (Lipinski definition) is 6. The summed E-state index contributed by atoms with van der Waals surface area (Å²) in [5.41, 5.74) is 0. The third-order valence-electron chi connectivity index (χ3n) is 0. The van der Waals surface area contributed by atoms with Crippen LogP contribution in [-0.2, 0) is 180 Å². The first-order chi connectivity index (χ1) is 0.